The minimum atomic E-state index is -0.981. The molecule has 1 N–H and O–H groups in total. The average Bonchev–Trinajstić information content (AvgIpc) is 2.63. The maximum absolute atomic E-state index is 13.6. The molecule has 1 aliphatic rings. The Balaban J connectivity index is 2.38. The summed E-state index contributed by atoms with van der Waals surface area (Å²) in [7, 11) is 0. The van der Waals surface area contributed by atoms with Crippen LogP contribution in [0.5, 0.6) is 0 Å². The lowest BCUT2D eigenvalue weighted by Crippen LogP contribution is -2.23. The number of nitrogens with zero attached hydrogens (tertiary/aromatic N) is 2. The standard InChI is InChI=1S/C10H10F2N2O3/c11-8-3-6(14(16)17)4-9(12)10(8)13-2-1-7(15)5-13/h3-4,7,15H,1-2,5H2. The molecule has 0 saturated carbocycles. The molecule has 1 aromatic carbocycles. The van der Waals surface area contributed by atoms with E-state index in [1.807, 2.05) is 0 Å². The predicted molar refractivity (Wildman–Crippen MR) is 55.8 cm³/mol. The van der Waals surface area contributed by atoms with Gasteiger partial charge in [-0.05, 0) is 6.42 Å². The van der Waals surface area contributed by atoms with Crippen molar-refractivity contribution in [2.45, 2.75) is 12.5 Å². The Bertz CT molecular complexity index is 444. The van der Waals surface area contributed by atoms with Crippen molar-refractivity contribution < 1.29 is 18.8 Å². The fraction of sp³-hybridized carbons (Fsp3) is 0.400. The summed E-state index contributed by atoms with van der Waals surface area (Å²) in [5.74, 6) is -1.96. The van der Waals surface area contributed by atoms with Crippen molar-refractivity contribution in [3.63, 3.8) is 0 Å². The maximum atomic E-state index is 13.6. The molecule has 0 aliphatic carbocycles. The summed E-state index contributed by atoms with van der Waals surface area (Å²) in [5.41, 5.74) is -0.935. The molecule has 1 heterocycles. The molecule has 0 amide bonds. The number of rotatable bonds is 2. The first-order valence-electron chi connectivity index (χ1n) is 5.05. The molecule has 0 spiro atoms. The minimum Gasteiger partial charge on any atom is -0.391 e. The number of aliphatic hydroxyl groups is 1. The van der Waals surface area contributed by atoms with Crippen LogP contribution in [0.2, 0.25) is 0 Å². The van der Waals surface area contributed by atoms with Crippen LogP contribution in [-0.4, -0.2) is 29.2 Å². The van der Waals surface area contributed by atoms with Gasteiger partial charge in [-0.2, -0.15) is 0 Å². The Kier molecular flexibility index (Phi) is 2.93. The SMILES string of the molecule is O=[N+]([O-])c1cc(F)c(N2CCC(O)C2)c(F)c1. The largest absolute Gasteiger partial charge is 0.391 e. The number of anilines is 1. The lowest BCUT2D eigenvalue weighted by atomic mass is 10.2. The van der Waals surface area contributed by atoms with E-state index in [0.717, 1.165) is 0 Å². The number of hydrogen-bond acceptors (Lipinski definition) is 4. The van der Waals surface area contributed by atoms with E-state index in [1.54, 1.807) is 0 Å². The van der Waals surface area contributed by atoms with E-state index in [2.05, 4.69) is 0 Å². The van der Waals surface area contributed by atoms with Crippen molar-refractivity contribution in [2.75, 3.05) is 18.0 Å². The Labute approximate surface area is 95.4 Å². The number of nitro benzene ring substituents is 1. The van der Waals surface area contributed by atoms with E-state index in [9.17, 15) is 24.0 Å². The van der Waals surface area contributed by atoms with Gasteiger partial charge in [0.25, 0.3) is 5.69 Å². The summed E-state index contributed by atoms with van der Waals surface area (Å²) in [6, 6.07) is 1.37. The normalized spacial score (nSPS) is 19.7. The molecule has 1 saturated heterocycles. The van der Waals surface area contributed by atoms with Gasteiger partial charge in [-0.3, -0.25) is 10.1 Å². The zero-order valence-electron chi connectivity index (χ0n) is 8.77. The molecule has 1 aliphatic heterocycles. The smallest absolute Gasteiger partial charge is 0.275 e. The van der Waals surface area contributed by atoms with Crippen LogP contribution in [0.15, 0.2) is 12.1 Å². The molecule has 1 fully saturated rings. The molecule has 0 aromatic heterocycles. The van der Waals surface area contributed by atoms with Crippen LogP contribution in [0.3, 0.4) is 0 Å². The minimum absolute atomic E-state index is 0.131. The van der Waals surface area contributed by atoms with Gasteiger partial charge in [-0.25, -0.2) is 8.78 Å². The molecular formula is C10H10F2N2O3. The van der Waals surface area contributed by atoms with Crippen molar-refractivity contribution in [2.24, 2.45) is 0 Å². The van der Waals surface area contributed by atoms with Gasteiger partial charge in [0.05, 0.1) is 23.2 Å². The molecular weight excluding hydrogens is 234 g/mol. The monoisotopic (exact) mass is 244 g/mol. The summed E-state index contributed by atoms with van der Waals surface area (Å²) in [4.78, 5) is 10.9. The third kappa shape index (κ3) is 2.19. The topological polar surface area (TPSA) is 66.6 Å². The fourth-order valence-corrected chi connectivity index (χ4v) is 1.90. The Hall–Kier alpha value is -1.76. The van der Waals surface area contributed by atoms with Crippen LogP contribution in [0.1, 0.15) is 6.42 Å². The van der Waals surface area contributed by atoms with E-state index in [4.69, 9.17) is 0 Å². The molecule has 5 nitrogen and oxygen atoms in total. The highest BCUT2D eigenvalue weighted by molar-refractivity contribution is 5.54. The van der Waals surface area contributed by atoms with E-state index in [1.165, 1.54) is 4.90 Å². The summed E-state index contributed by atoms with van der Waals surface area (Å²) in [6.45, 7) is 0.457. The van der Waals surface area contributed by atoms with Gasteiger partial charge >= 0.3 is 0 Å². The molecule has 0 radical (unpaired) electrons. The van der Waals surface area contributed by atoms with Gasteiger partial charge in [-0.15, -0.1) is 0 Å². The van der Waals surface area contributed by atoms with Gasteiger partial charge < -0.3 is 10.0 Å². The molecule has 1 unspecified atom stereocenters. The van der Waals surface area contributed by atoms with Gasteiger partial charge in [0, 0.05) is 13.1 Å². The highest BCUT2D eigenvalue weighted by Gasteiger charge is 2.27. The van der Waals surface area contributed by atoms with Crippen molar-refractivity contribution >= 4 is 11.4 Å². The molecule has 17 heavy (non-hydrogen) atoms. The highest BCUT2D eigenvalue weighted by atomic mass is 19.1. The number of benzene rings is 1. The Morgan fingerprint density at radius 2 is 2.00 bits per heavy atom. The number of nitro groups is 1. The molecule has 2 rings (SSSR count). The van der Waals surface area contributed by atoms with E-state index >= 15 is 0 Å². The zero-order chi connectivity index (χ0) is 12.6. The van der Waals surface area contributed by atoms with Crippen LogP contribution in [0, 0.1) is 21.7 Å². The predicted octanol–water partition coefficient (Wildman–Crippen LogP) is 1.44. The third-order valence-corrected chi connectivity index (χ3v) is 2.69. The second-order valence-electron chi connectivity index (χ2n) is 3.90. The second kappa shape index (κ2) is 4.25. The van der Waals surface area contributed by atoms with Crippen LogP contribution in [-0.2, 0) is 0 Å². The van der Waals surface area contributed by atoms with Crippen LogP contribution in [0.4, 0.5) is 20.2 Å². The first-order valence-corrected chi connectivity index (χ1v) is 5.05. The maximum Gasteiger partial charge on any atom is 0.275 e. The van der Waals surface area contributed by atoms with Crippen molar-refractivity contribution in [3.8, 4) is 0 Å². The van der Waals surface area contributed by atoms with Gasteiger partial charge in [0.1, 0.15) is 5.69 Å². The summed E-state index contributed by atoms with van der Waals surface area (Å²) >= 11 is 0. The fourth-order valence-electron chi connectivity index (χ4n) is 1.90. The summed E-state index contributed by atoms with van der Waals surface area (Å²) in [6.07, 6.45) is -0.195. The summed E-state index contributed by atoms with van der Waals surface area (Å²) in [5, 5.41) is 19.7. The number of aliphatic hydroxyl groups excluding tert-OH is 1. The third-order valence-electron chi connectivity index (χ3n) is 2.69. The van der Waals surface area contributed by atoms with Crippen molar-refractivity contribution in [1.29, 1.82) is 0 Å². The van der Waals surface area contributed by atoms with Crippen LogP contribution >= 0.6 is 0 Å². The average molecular weight is 244 g/mol. The lowest BCUT2D eigenvalue weighted by molar-refractivity contribution is -0.385. The number of non-ortho nitro benzene ring substituents is 1. The Morgan fingerprint density at radius 3 is 2.41 bits per heavy atom. The Morgan fingerprint density at radius 1 is 1.41 bits per heavy atom. The lowest BCUT2D eigenvalue weighted by Gasteiger charge is -2.18. The zero-order valence-corrected chi connectivity index (χ0v) is 8.77. The first kappa shape index (κ1) is 11.7. The van der Waals surface area contributed by atoms with Gasteiger partial charge in [-0.1, -0.05) is 0 Å². The van der Waals surface area contributed by atoms with E-state index < -0.39 is 28.3 Å². The van der Waals surface area contributed by atoms with Crippen LogP contribution in [0.25, 0.3) is 0 Å². The van der Waals surface area contributed by atoms with Gasteiger partial charge in [0.2, 0.25) is 0 Å². The molecule has 92 valence electrons. The van der Waals surface area contributed by atoms with Gasteiger partial charge in [0.15, 0.2) is 11.6 Å². The second-order valence-corrected chi connectivity index (χ2v) is 3.90. The highest BCUT2D eigenvalue weighted by Crippen LogP contribution is 2.30. The first-order chi connectivity index (χ1) is 7.99. The molecule has 0 bridgehead atoms. The molecule has 1 atom stereocenters. The number of β-amino-alcohol motifs (C(OH)–C–C–N with tert-alkyl or cyclic N) is 1. The summed E-state index contributed by atoms with van der Waals surface area (Å²) < 4.78 is 27.2. The number of halogens is 2. The number of hydrogen-bond donors (Lipinski definition) is 1. The van der Waals surface area contributed by atoms with Crippen LogP contribution < -0.4 is 4.90 Å². The molecule has 1 aromatic rings. The van der Waals surface area contributed by atoms with Crippen molar-refractivity contribution in [1.82, 2.24) is 0 Å². The van der Waals surface area contributed by atoms with E-state index in [-0.39, 0.29) is 12.2 Å². The van der Waals surface area contributed by atoms with Crippen molar-refractivity contribution in [3.05, 3.63) is 33.9 Å². The molecule has 7 heteroatoms. The van der Waals surface area contributed by atoms with E-state index in [0.29, 0.717) is 25.1 Å². The quantitative estimate of drug-likeness (QED) is 0.631.